The van der Waals surface area contributed by atoms with Crippen molar-refractivity contribution < 1.29 is 24.8 Å². The van der Waals surface area contributed by atoms with Crippen molar-refractivity contribution in [1.82, 2.24) is 9.97 Å². The van der Waals surface area contributed by atoms with E-state index in [0.29, 0.717) is 12.4 Å². The third-order valence-electron chi connectivity index (χ3n) is 8.02. The predicted octanol–water partition coefficient (Wildman–Crippen LogP) is 8.95. The minimum Gasteiger partial charge on any atom is -0.508 e. The number of nitrogens with zero attached hydrogens (tertiary/aromatic N) is 2. The van der Waals surface area contributed by atoms with E-state index in [4.69, 9.17) is 14.5 Å². The van der Waals surface area contributed by atoms with Gasteiger partial charge in [0, 0.05) is 34.0 Å². The van der Waals surface area contributed by atoms with Crippen LogP contribution in [0.2, 0.25) is 0 Å². The summed E-state index contributed by atoms with van der Waals surface area (Å²) in [5.74, 6) is 1.67. The lowest BCUT2D eigenvalue weighted by Gasteiger charge is -2.16. The molecule has 0 atom stereocenters. The minimum absolute atomic E-state index is 0.137. The SMILES string of the molecule is CCOc1cc(-c2ccc(O)c(C)c2)nc2ccccc12.Oc1ccc(-c2cc(OC3CCCC3)c3ccccc3n2)cc1O. The van der Waals surface area contributed by atoms with Gasteiger partial charge >= 0.3 is 0 Å². The molecule has 6 aromatic rings. The Morgan fingerprint density at radius 2 is 1.20 bits per heavy atom. The highest BCUT2D eigenvalue weighted by Gasteiger charge is 2.19. The Hall–Kier alpha value is -5.30. The monoisotopic (exact) mass is 600 g/mol. The van der Waals surface area contributed by atoms with Crippen LogP contribution in [0.5, 0.6) is 28.7 Å². The molecule has 1 aliphatic rings. The van der Waals surface area contributed by atoms with Crippen molar-refractivity contribution in [2.24, 2.45) is 0 Å². The number of benzene rings is 4. The lowest BCUT2D eigenvalue weighted by molar-refractivity contribution is 0.213. The van der Waals surface area contributed by atoms with Crippen LogP contribution in [-0.2, 0) is 0 Å². The fraction of sp³-hybridized carbons (Fsp3) is 0.211. The largest absolute Gasteiger partial charge is 0.508 e. The standard InChI is InChI=1S/C20H19NO3.C18H17NO2/c22-18-10-9-13(11-19(18)23)17-12-20(24-14-5-1-2-6-14)15-7-3-4-8-16(15)21-17;1-3-21-18-11-16(13-8-9-17(20)12(2)10-13)19-15-7-5-4-6-14(15)18/h3-4,7-12,14,22-23H,1-2,5-6H2;4-11,20H,3H2,1-2H3. The van der Waals surface area contributed by atoms with E-state index in [9.17, 15) is 15.3 Å². The first kappa shape index (κ1) is 29.8. The van der Waals surface area contributed by atoms with Gasteiger partial charge in [-0.1, -0.05) is 24.3 Å². The number of hydrogen-bond acceptors (Lipinski definition) is 7. The molecule has 228 valence electrons. The summed E-state index contributed by atoms with van der Waals surface area (Å²) in [5, 5.41) is 30.9. The van der Waals surface area contributed by atoms with Crippen LogP contribution in [0, 0.1) is 6.92 Å². The van der Waals surface area contributed by atoms with Crippen LogP contribution in [-0.4, -0.2) is 38.0 Å². The van der Waals surface area contributed by atoms with Crippen molar-refractivity contribution in [3.05, 3.63) is 103 Å². The Labute approximate surface area is 262 Å². The molecule has 7 nitrogen and oxygen atoms in total. The minimum atomic E-state index is -0.152. The van der Waals surface area contributed by atoms with Crippen LogP contribution in [0.1, 0.15) is 38.2 Å². The number of rotatable bonds is 6. The smallest absolute Gasteiger partial charge is 0.158 e. The molecule has 1 saturated carbocycles. The highest BCUT2D eigenvalue weighted by Crippen LogP contribution is 2.36. The van der Waals surface area contributed by atoms with Gasteiger partial charge in [0.15, 0.2) is 11.5 Å². The topological polar surface area (TPSA) is 105 Å². The third-order valence-corrected chi connectivity index (χ3v) is 8.02. The van der Waals surface area contributed by atoms with Gasteiger partial charge in [-0.05, 0) is 106 Å². The van der Waals surface area contributed by atoms with Crippen molar-refractivity contribution >= 4 is 21.8 Å². The molecule has 7 rings (SSSR count). The molecule has 0 unspecified atom stereocenters. The highest BCUT2D eigenvalue weighted by atomic mass is 16.5. The Morgan fingerprint density at radius 1 is 0.644 bits per heavy atom. The molecule has 0 saturated heterocycles. The molecule has 0 bridgehead atoms. The number of hydrogen-bond donors (Lipinski definition) is 3. The summed E-state index contributed by atoms with van der Waals surface area (Å²) in [5.41, 5.74) is 5.88. The maximum Gasteiger partial charge on any atom is 0.158 e. The zero-order valence-electron chi connectivity index (χ0n) is 25.4. The van der Waals surface area contributed by atoms with Crippen molar-refractivity contribution in [2.45, 2.75) is 45.6 Å². The summed E-state index contributed by atoms with van der Waals surface area (Å²) < 4.78 is 12.0. The Morgan fingerprint density at radius 3 is 1.80 bits per heavy atom. The summed E-state index contributed by atoms with van der Waals surface area (Å²) in [6.07, 6.45) is 4.87. The van der Waals surface area contributed by atoms with Crippen LogP contribution < -0.4 is 9.47 Å². The van der Waals surface area contributed by atoms with Crippen LogP contribution in [0.4, 0.5) is 0 Å². The second-order valence-electron chi connectivity index (χ2n) is 11.2. The molecular formula is C38H36N2O5. The summed E-state index contributed by atoms with van der Waals surface area (Å²) in [6, 6.07) is 30.0. The number of aromatic hydroxyl groups is 3. The zero-order valence-corrected chi connectivity index (χ0v) is 25.4. The Balaban J connectivity index is 0.000000160. The fourth-order valence-electron chi connectivity index (χ4n) is 5.64. The molecular weight excluding hydrogens is 564 g/mol. The molecule has 1 fully saturated rings. The first-order valence-electron chi connectivity index (χ1n) is 15.3. The third kappa shape index (κ3) is 6.63. The first-order valence-corrected chi connectivity index (χ1v) is 15.3. The summed E-state index contributed by atoms with van der Waals surface area (Å²) >= 11 is 0. The molecule has 0 aliphatic heterocycles. The van der Waals surface area contributed by atoms with Crippen molar-refractivity contribution in [1.29, 1.82) is 0 Å². The van der Waals surface area contributed by atoms with Crippen LogP contribution >= 0.6 is 0 Å². The Bertz CT molecular complexity index is 1970. The van der Waals surface area contributed by atoms with Gasteiger partial charge in [-0.25, -0.2) is 9.97 Å². The van der Waals surface area contributed by atoms with Gasteiger partial charge in [-0.3, -0.25) is 0 Å². The van der Waals surface area contributed by atoms with Gasteiger partial charge in [-0.2, -0.15) is 0 Å². The van der Waals surface area contributed by atoms with Crippen LogP contribution in [0.15, 0.2) is 97.1 Å². The van der Waals surface area contributed by atoms with E-state index < -0.39 is 0 Å². The van der Waals surface area contributed by atoms with E-state index in [1.54, 1.807) is 12.1 Å². The quantitative estimate of drug-likeness (QED) is 0.164. The van der Waals surface area contributed by atoms with Gasteiger partial charge in [0.1, 0.15) is 17.2 Å². The first-order chi connectivity index (χ1) is 21.9. The van der Waals surface area contributed by atoms with Crippen molar-refractivity contribution in [2.75, 3.05) is 6.61 Å². The van der Waals surface area contributed by atoms with Gasteiger partial charge in [0.05, 0.1) is 35.1 Å². The van der Waals surface area contributed by atoms with E-state index in [-0.39, 0.29) is 17.6 Å². The average Bonchev–Trinajstić information content (AvgIpc) is 3.57. The maximum atomic E-state index is 9.76. The van der Waals surface area contributed by atoms with Crippen LogP contribution in [0.3, 0.4) is 0 Å². The number of aromatic nitrogens is 2. The number of fused-ring (bicyclic) bond motifs is 2. The molecule has 45 heavy (non-hydrogen) atoms. The molecule has 0 radical (unpaired) electrons. The zero-order chi connectivity index (χ0) is 31.3. The summed E-state index contributed by atoms with van der Waals surface area (Å²) in [7, 11) is 0. The average molecular weight is 601 g/mol. The number of phenols is 3. The fourth-order valence-corrected chi connectivity index (χ4v) is 5.64. The number of ether oxygens (including phenoxy) is 2. The molecule has 7 heteroatoms. The molecule has 3 N–H and O–H groups in total. The molecule has 4 aromatic carbocycles. The van der Waals surface area contributed by atoms with Crippen molar-refractivity contribution in [3.63, 3.8) is 0 Å². The second-order valence-corrected chi connectivity index (χ2v) is 11.2. The highest BCUT2D eigenvalue weighted by molar-refractivity contribution is 5.89. The van der Waals surface area contributed by atoms with Crippen LogP contribution in [0.25, 0.3) is 44.3 Å². The second kappa shape index (κ2) is 13.1. The van der Waals surface area contributed by atoms with Gasteiger partial charge in [0.25, 0.3) is 0 Å². The summed E-state index contributed by atoms with van der Waals surface area (Å²) in [4.78, 5) is 9.38. The normalized spacial score (nSPS) is 13.0. The molecule has 2 aromatic heterocycles. The number of aryl methyl sites for hydroxylation is 1. The number of pyridine rings is 2. The van der Waals surface area contributed by atoms with Gasteiger partial charge < -0.3 is 24.8 Å². The predicted molar refractivity (Wildman–Crippen MR) is 178 cm³/mol. The van der Waals surface area contributed by atoms with E-state index >= 15 is 0 Å². The lowest BCUT2D eigenvalue weighted by atomic mass is 10.1. The van der Waals surface area contributed by atoms with Crippen molar-refractivity contribution in [3.8, 4) is 51.3 Å². The van der Waals surface area contributed by atoms with E-state index in [1.165, 1.54) is 25.0 Å². The molecule has 0 spiro atoms. The van der Waals surface area contributed by atoms with Gasteiger partial charge in [-0.15, -0.1) is 0 Å². The summed E-state index contributed by atoms with van der Waals surface area (Å²) in [6.45, 7) is 4.46. The maximum absolute atomic E-state index is 9.76. The van der Waals surface area contributed by atoms with E-state index in [2.05, 4.69) is 4.98 Å². The van der Waals surface area contributed by atoms with Gasteiger partial charge in [0.2, 0.25) is 0 Å². The Kier molecular flexibility index (Phi) is 8.69. The molecule has 0 amide bonds. The lowest BCUT2D eigenvalue weighted by Crippen LogP contribution is -2.11. The van der Waals surface area contributed by atoms with E-state index in [0.717, 1.165) is 74.2 Å². The molecule has 2 heterocycles. The number of para-hydroxylation sites is 2. The van der Waals surface area contributed by atoms with E-state index in [1.807, 2.05) is 86.6 Å². The molecule has 1 aliphatic carbocycles. The number of phenolic OH excluding ortho intramolecular Hbond substituents is 3.